The van der Waals surface area contributed by atoms with Crippen LogP contribution in [0.25, 0.3) is 22.4 Å². The van der Waals surface area contributed by atoms with E-state index in [4.69, 9.17) is 13.9 Å². The minimum atomic E-state index is -3.19. The van der Waals surface area contributed by atoms with Crippen LogP contribution in [0.3, 0.4) is 0 Å². The van der Waals surface area contributed by atoms with Crippen LogP contribution < -0.4 is 9.47 Å². The van der Waals surface area contributed by atoms with Gasteiger partial charge in [-0.1, -0.05) is 19.1 Å². The van der Waals surface area contributed by atoms with Crippen LogP contribution in [-0.2, 0) is 22.4 Å². The molecule has 0 fully saturated rings. The predicted octanol–water partition coefficient (Wildman–Crippen LogP) is 5.34. The molecule has 0 unspecified atom stereocenters. The molecular weight excluding hydrogens is 465 g/mol. The average Bonchev–Trinajstić information content (AvgIpc) is 3.40. The van der Waals surface area contributed by atoms with Crippen molar-refractivity contribution in [2.24, 2.45) is 0 Å². The number of rotatable bonds is 9. The number of carbonyl (C=O) groups is 1. The lowest BCUT2D eigenvalue weighted by Crippen LogP contribution is -2.14. The largest absolute Gasteiger partial charge is 0.481 e. The molecule has 7 nitrogen and oxygen atoms in total. The first-order valence-electron chi connectivity index (χ1n) is 10.7. The molecule has 35 heavy (non-hydrogen) atoms. The smallest absolute Gasteiger partial charge is 0.387 e. The van der Waals surface area contributed by atoms with Gasteiger partial charge in [0.2, 0.25) is 5.89 Å². The van der Waals surface area contributed by atoms with Crippen molar-refractivity contribution in [3.63, 3.8) is 0 Å². The maximum Gasteiger partial charge on any atom is 0.387 e. The molecule has 0 spiro atoms. The molecule has 0 N–H and O–H groups in total. The summed E-state index contributed by atoms with van der Waals surface area (Å²) in [6.45, 7) is -1.91. The van der Waals surface area contributed by atoms with E-state index in [0.717, 1.165) is 17.2 Å². The first-order chi connectivity index (χ1) is 16.9. The predicted molar refractivity (Wildman–Crippen MR) is 120 cm³/mol. The Balaban J connectivity index is 1.83. The fourth-order valence-corrected chi connectivity index (χ4v) is 3.71. The molecule has 0 saturated carbocycles. The fourth-order valence-electron chi connectivity index (χ4n) is 3.71. The van der Waals surface area contributed by atoms with Crippen molar-refractivity contribution in [3.8, 4) is 23.0 Å². The number of ether oxygens (including phenoxy) is 3. The number of hydrogen-bond acceptors (Lipinski definition) is 7. The van der Waals surface area contributed by atoms with E-state index in [1.807, 2.05) is 0 Å². The highest BCUT2D eigenvalue weighted by Crippen LogP contribution is 2.40. The summed E-state index contributed by atoms with van der Waals surface area (Å²) in [5.41, 5.74) is 2.08. The molecule has 0 radical (unpaired) electrons. The number of fused-ring (bicyclic) bond motifs is 1. The number of esters is 1. The Morgan fingerprint density at radius 1 is 1.14 bits per heavy atom. The molecule has 0 amide bonds. The van der Waals surface area contributed by atoms with Crippen LogP contribution in [0.15, 0.2) is 53.3 Å². The summed E-state index contributed by atoms with van der Waals surface area (Å²) in [7, 11) is 1.18. The van der Waals surface area contributed by atoms with E-state index in [1.165, 1.54) is 25.6 Å². The lowest BCUT2D eigenvalue weighted by Gasteiger charge is -2.19. The normalized spacial score (nSPS) is 11.1. The monoisotopic (exact) mass is 486 g/mol. The van der Waals surface area contributed by atoms with Crippen LogP contribution in [-0.4, -0.2) is 36.3 Å². The molecule has 0 atom stereocenters. The van der Waals surface area contributed by atoms with Crippen LogP contribution in [0.1, 0.15) is 23.7 Å². The van der Waals surface area contributed by atoms with Crippen LogP contribution >= 0.6 is 0 Å². The molecule has 0 aliphatic rings. The highest BCUT2D eigenvalue weighted by molar-refractivity contribution is 5.93. The van der Waals surface area contributed by atoms with E-state index in [2.05, 4.69) is 14.7 Å². The maximum atomic E-state index is 14.7. The second-order valence-electron chi connectivity index (χ2n) is 7.44. The third kappa shape index (κ3) is 5.21. The Bertz CT molecular complexity index is 1330. The number of halogens is 3. The molecule has 0 saturated heterocycles. The fraction of sp³-hybridized carbons (Fsp3) is 0.240. The van der Waals surface area contributed by atoms with Crippen molar-refractivity contribution < 1.29 is 36.6 Å². The SMILES string of the molecule is CCc1nc2c(F)ccc(OCC(=O)OC)c2c(OC(F)F)c1Cc1ccc(-c2ncco2)cc1. The number of benzene rings is 2. The van der Waals surface area contributed by atoms with Gasteiger partial charge in [0.15, 0.2) is 6.61 Å². The molecule has 2 heterocycles. The van der Waals surface area contributed by atoms with Crippen LogP contribution in [0.5, 0.6) is 11.5 Å². The first kappa shape index (κ1) is 24.1. The zero-order valence-corrected chi connectivity index (χ0v) is 18.9. The van der Waals surface area contributed by atoms with Crippen molar-refractivity contribution in [2.75, 3.05) is 13.7 Å². The number of alkyl halides is 2. The van der Waals surface area contributed by atoms with Gasteiger partial charge in [0.1, 0.15) is 29.1 Å². The van der Waals surface area contributed by atoms with E-state index >= 15 is 0 Å². The zero-order valence-electron chi connectivity index (χ0n) is 18.9. The van der Waals surface area contributed by atoms with Gasteiger partial charge < -0.3 is 18.6 Å². The summed E-state index contributed by atoms with van der Waals surface area (Å²) in [6.07, 6.45) is 3.51. The highest BCUT2D eigenvalue weighted by Gasteiger charge is 2.24. The molecule has 0 bridgehead atoms. The summed E-state index contributed by atoms with van der Waals surface area (Å²) in [6, 6.07) is 9.51. The quantitative estimate of drug-likeness (QED) is 0.296. The molecule has 2 aromatic heterocycles. The van der Waals surface area contributed by atoms with Crippen LogP contribution in [0.4, 0.5) is 13.2 Å². The third-order valence-electron chi connectivity index (χ3n) is 5.32. The number of nitrogens with zero attached hydrogens (tertiary/aromatic N) is 2. The number of hydrogen-bond donors (Lipinski definition) is 0. The van der Waals surface area contributed by atoms with E-state index in [0.29, 0.717) is 23.6 Å². The number of pyridine rings is 1. The highest BCUT2D eigenvalue weighted by atomic mass is 19.3. The molecule has 182 valence electrons. The summed E-state index contributed by atoms with van der Waals surface area (Å²) >= 11 is 0. The summed E-state index contributed by atoms with van der Waals surface area (Å²) in [4.78, 5) is 20.1. The Morgan fingerprint density at radius 2 is 1.91 bits per heavy atom. The lowest BCUT2D eigenvalue weighted by atomic mass is 9.97. The van der Waals surface area contributed by atoms with E-state index in [1.54, 1.807) is 31.2 Å². The van der Waals surface area contributed by atoms with E-state index in [9.17, 15) is 18.0 Å². The number of aryl methyl sites for hydroxylation is 1. The topological polar surface area (TPSA) is 83.7 Å². The Kier molecular flexibility index (Phi) is 7.19. The average molecular weight is 486 g/mol. The third-order valence-corrected chi connectivity index (χ3v) is 5.32. The van der Waals surface area contributed by atoms with E-state index in [-0.39, 0.29) is 28.8 Å². The van der Waals surface area contributed by atoms with Gasteiger partial charge in [0.05, 0.1) is 18.7 Å². The Morgan fingerprint density at radius 3 is 2.54 bits per heavy atom. The standard InChI is InChI=1S/C25H21F3N2O5/c1-3-18-16(12-14-4-6-15(7-5-14)24-29-10-11-33-24)23(35-25(27)28)21-19(34-13-20(31)32-2)9-8-17(26)22(21)30-18/h4-11,25H,3,12-13H2,1-2H3. The molecule has 10 heteroatoms. The van der Waals surface area contributed by atoms with Gasteiger partial charge in [0.25, 0.3) is 0 Å². The molecule has 0 aliphatic heterocycles. The second-order valence-corrected chi connectivity index (χ2v) is 7.44. The number of aromatic nitrogens is 2. The van der Waals surface area contributed by atoms with Gasteiger partial charge in [-0.15, -0.1) is 0 Å². The number of oxazole rings is 1. The van der Waals surface area contributed by atoms with Gasteiger partial charge in [-0.05, 0) is 36.2 Å². The Labute approximate surface area is 198 Å². The van der Waals surface area contributed by atoms with Crippen LogP contribution in [0.2, 0.25) is 0 Å². The van der Waals surface area contributed by atoms with Crippen molar-refractivity contribution >= 4 is 16.9 Å². The van der Waals surface area contributed by atoms with E-state index < -0.39 is 25.0 Å². The molecule has 0 aliphatic carbocycles. The Hall–Kier alpha value is -4.08. The number of carbonyl (C=O) groups excluding carboxylic acids is 1. The van der Waals surface area contributed by atoms with Crippen molar-refractivity contribution in [2.45, 2.75) is 26.4 Å². The van der Waals surface area contributed by atoms with Gasteiger partial charge in [-0.2, -0.15) is 8.78 Å². The lowest BCUT2D eigenvalue weighted by molar-refractivity contribution is -0.142. The molecule has 4 aromatic rings. The minimum Gasteiger partial charge on any atom is -0.481 e. The zero-order chi connectivity index (χ0) is 24.9. The summed E-state index contributed by atoms with van der Waals surface area (Å²) in [5, 5.41) is -0.0854. The van der Waals surface area contributed by atoms with Crippen molar-refractivity contribution in [1.29, 1.82) is 0 Å². The second kappa shape index (κ2) is 10.5. The van der Waals surface area contributed by atoms with Gasteiger partial charge >= 0.3 is 12.6 Å². The number of methoxy groups -OCH3 is 1. The maximum absolute atomic E-state index is 14.7. The minimum absolute atomic E-state index is 0.0295. The molecule has 4 rings (SSSR count). The first-order valence-corrected chi connectivity index (χ1v) is 10.7. The van der Waals surface area contributed by atoms with Crippen LogP contribution in [0, 0.1) is 5.82 Å². The van der Waals surface area contributed by atoms with Gasteiger partial charge in [0, 0.05) is 23.2 Å². The van der Waals surface area contributed by atoms with Crippen molar-refractivity contribution in [3.05, 3.63) is 71.5 Å². The van der Waals surface area contributed by atoms with Gasteiger partial charge in [-0.25, -0.2) is 19.2 Å². The van der Waals surface area contributed by atoms with Gasteiger partial charge in [-0.3, -0.25) is 0 Å². The van der Waals surface area contributed by atoms with Crippen molar-refractivity contribution in [1.82, 2.24) is 9.97 Å². The molecular formula is C25H21F3N2O5. The summed E-state index contributed by atoms with van der Waals surface area (Å²) < 4.78 is 62.1. The molecule has 2 aromatic carbocycles. The summed E-state index contributed by atoms with van der Waals surface area (Å²) in [5.74, 6) is -1.26.